The molecule has 3 rings (SSSR count). The highest BCUT2D eigenvalue weighted by Gasteiger charge is 2.10. The zero-order valence-corrected chi connectivity index (χ0v) is 12.9. The molecule has 0 aliphatic rings. The van der Waals surface area contributed by atoms with Crippen LogP contribution in [0.1, 0.15) is 17.6 Å². The van der Waals surface area contributed by atoms with E-state index in [0.717, 1.165) is 28.6 Å². The maximum absolute atomic E-state index is 9.33. The molecule has 21 heavy (non-hydrogen) atoms. The van der Waals surface area contributed by atoms with Crippen LogP contribution in [0.15, 0.2) is 34.8 Å². The Bertz CT molecular complexity index is 722. The van der Waals surface area contributed by atoms with Crippen molar-refractivity contribution in [2.45, 2.75) is 24.3 Å². The Kier molecular flexibility index (Phi) is 4.16. The van der Waals surface area contributed by atoms with Crippen molar-refractivity contribution in [1.29, 1.82) is 0 Å². The van der Waals surface area contributed by atoms with Gasteiger partial charge in [-0.2, -0.15) is 4.68 Å². The first-order valence-electron chi connectivity index (χ1n) is 6.40. The fraction of sp³-hybridized carbons (Fsp3) is 0.231. The van der Waals surface area contributed by atoms with Crippen LogP contribution in [0.4, 0.5) is 0 Å². The van der Waals surface area contributed by atoms with Crippen LogP contribution < -0.4 is 0 Å². The summed E-state index contributed by atoms with van der Waals surface area (Å²) in [6.45, 7) is 2.10. The van der Waals surface area contributed by atoms with Crippen LogP contribution in [0.3, 0.4) is 0 Å². The average Bonchev–Trinajstić information content (AvgIpc) is 3.15. The summed E-state index contributed by atoms with van der Waals surface area (Å²) in [5.41, 5.74) is 1.86. The van der Waals surface area contributed by atoms with Gasteiger partial charge >= 0.3 is 0 Å². The summed E-state index contributed by atoms with van der Waals surface area (Å²) < 4.78 is 1.65. The van der Waals surface area contributed by atoms with Crippen LogP contribution in [0.2, 0.25) is 0 Å². The van der Waals surface area contributed by atoms with Gasteiger partial charge in [0.15, 0.2) is 0 Å². The second kappa shape index (κ2) is 6.23. The second-order valence-corrected chi connectivity index (χ2v) is 6.15. The van der Waals surface area contributed by atoms with Gasteiger partial charge in [-0.05, 0) is 41.1 Å². The number of thioether (sulfide) groups is 1. The van der Waals surface area contributed by atoms with Gasteiger partial charge in [-0.25, -0.2) is 4.98 Å². The maximum Gasteiger partial charge on any atom is 0.214 e. The Balaban J connectivity index is 1.74. The lowest BCUT2D eigenvalue weighted by atomic mass is 10.3. The molecule has 1 aromatic carbocycles. The number of aryl methyl sites for hydroxylation is 1. The number of thiazole rings is 1. The van der Waals surface area contributed by atoms with Crippen molar-refractivity contribution in [3.63, 3.8) is 0 Å². The lowest BCUT2D eigenvalue weighted by molar-refractivity contribution is 0.475. The van der Waals surface area contributed by atoms with E-state index in [9.17, 15) is 5.11 Å². The fourth-order valence-electron chi connectivity index (χ4n) is 1.74. The van der Waals surface area contributed by atoms with E-state index >= 15 is 0 Å². The number of hydrogen-bond donors (Lipinski definition) is 1. The minimum absolute atomic E-state index is 0.218. The summed E-state index contributed by atoms with van der Waals surface area (Å²) in [5.74, 6) is 0.949. The molecule has 0 unspecified atom stereocenters. The molecule has 1 N–H and O–H groups in total. The van der Waals surface area contributed by atoms with Gasteiger partial charge in [0, 0.05) is 11.1 Å². The monoisotopic (exact) mass is 319 g/mol. The third-order valence-corrected chi connectivity index (χ3v) is 4.78. The first-order chi connectivity index (χ1) is 10.3. The summed E-state index contributed by atoms with van der Waals surface area (Å²) in [5, 5.41) is 25.0. The van der Waals surface area contributed by atoms with E-state index in [1.165, 1.54) is 11.8 Å². The van der Waals surface area contributed by atoms with Crippen molar-refractivity contribution in [2.24, 2.45) is 0 Å². The predicted octanol–water partition coefficient (Wildman–Crippen LogP) is 2.68. The van der Waals surface area contributed by atoms with Crippen molar-refractivity contribution in [3.05, 3.63) is 40.3 Å². The fourth-order valence-corrected chi connectivity index (χ4v) is 3.37. The normalized spacial score (nSPS) is 10.9. The Labute approximate surface area is 129 Å². The molecule has 2 aromatic heterocycles. The van der Waals surface area contributed by atoms with Gasteiger partial charge in [-0.3, -0.25) is 0 Å². The lowest BCUT2D eigenvalue weighted by Gasteiger charge is -2.03. The van der Waals surface area contributed by atoms with Crippen molar-refractivity contribution < 1.29 is 5.11 Å². The Morgan fingerprint density at radius 1 is 1.29 bits per heavy atom. The van der Waals surface area contributed by atoms with Crippen LogP contribution in [0.25, 0.3) is 5.69 Å². The zero-order valence-electron chi connectivity index (χ0n) is 11.3. The molecule has 0 saturated heterocycles. The smallest absolute Gasteiger partial charge is 0.214 e. The molecule has 3 aromatic rings. The van der Waals surface area contributed by atoms with Crippen LogP contribution in [-0.2, 0) is 12.2 Å². The number of benzene rings is 1. The molecule has 0 aliphatic carbocycles. The highest BCUT2D eigenvalue weighted by molar-refractivity contribution is 7.98. The predicted molar refractivity (Wildman–Crippen MR) is 81.9 cm³/mol. The Morgan fingerprint density at radius 3 is 2.81 bits per heavy atom. The minimum Gasteiger partial charge on any atom is -0.508 e. The quantitative estimate of drug-likeness (QED) is 0.729. The molecule has 0 radical (unpaired) electrons. The van der Waals surface area contributed by atoms with Gasteiger partial charge in [0.1, 0.15) is 5.75 Å². The molecule has 0 fully saturated rings. The number of aromatic nitrogens is 5. The van der Waals surface area contributed by atoms with Crippen LogP contribution >= 0.6 is 23.1 Å². The summed E-state index contributed by atoms with van der Waals surface area (Å²) in [6, 6.07) is 6.76. The first-order valence-corrected chi connectivity index (χ1v) is 8.26. The minimum atomic E-state index is 0.218. The van der Waals surface area contributed by atoms with E-state index in [1.54, 1.807) is 40.3 Å². The van der Waals surface area contributed by atoms with Crippen molar-refractivity contribution >= 4 is 23.1 Å². The molecular weight excluding hydrogens is 306 g/mol. The van der Waals surface area contributed by atoms with Gasteiger partial charge in [0.25, 0.3) is 0 Å². The highest BCUT2D eigenvalue weighted by Crippen LogP contribution is 2.24. The summed E-state index contributed by atoms with van der Waals surface area (Å²) >= 11 is 3.22. The van der Waals surface area contributed by atoms with Crippen LogP contribution in [0.5, 0.6) is 5.75 Å². The topological polar surface area (TPSA) is 76.7 Å². The summed E-state index contributed by atoms with van der Waals surface area (Å²) in [6.07, 6.45) is 0.959. The molecule has 0 aliphatic heterocycles. The molecule has 0 saturated carbocycles. The van der Waals surface area contributed by atoms with E-state index in [-0.39, 0.29) is 5.75 Å². The van der Waals surface area contributed by atoms with Crippen LogP contribution in [-0.4, -0.2) is 30.3 Å². The molecule has 8 heteroatoms. The molecule has 6 nitrogen and oxygen atoms in total. The molecule has 0 atom stereocenters. The Morgan fingerprint density at radius 2 is 2.10 bits per heavy atom. The Hall–Kier alpha value is -1.93. The van der Waals surface area contributed by atoms with Gasteiger partial charge in [-0.1, -0.05) is 18.7 Å². The van der Waals surface area contributed by atoms with Gasteiger partial charge in [0.05, 0.1) is 16.4 Å². The molecule has 0 spiro atoms. The number of nitrogens with zero attached hydrogens (tertiary/aromatic N) is 5. The number of hydrogen-bond acceptors (Lipinski definition) is 7. The van der Waals surface area contributed by atoms with Gasteiger partial charge in [-0.15, -0.1) is 16.4 Å². The van der Waals surface area contributed by atoms with Crippen LogP contribution in [0, 0.1) is 0 Å². The third kappa shape index (κ3) is 3.22. The van der Waals surface area contributed by atoms with Gasteiger partial charge < -0.3 is 5.11 Å². The van der Waals surface area contributed by atoms with Crippen molar-refractivity contribution in [1.82, 2.24) is 25.2 Å². The average molecular weight is 319 g/mol. The van der Waals surface area contributed by atoms with E-state index < -0.39 is 0 Å². The van der Waals surface area contributed by atoms with Crippen molar-refractivity contribution in [3.8, 4) is 11.4 Å². The van der Waals surface area contributed by atoms with Crippen molar-refractivity contribution in [2.75, 3.05) is 0 Å². The number of phenols is 1. The number of tetrazole rings is 1. The molecule has 2 heterocycles. The first kappa shape index (κ1) is 14.0. The maximum atomic E-state index is 9.33. The largest absolute Gasteiger partial charge is 0.508 e. The standard InChI is InChI=1S/C13H13N5OS2/c1-2-12-14-9(7-20-12)8-21-13-15-16-17-18(13)10-3-5-11(19)6-4-10/h3-7,19H,2,8H2,1H3. The highest BCUT2D eigenvalue weighted by atomic mass is 32.2. The van der Waals surface area contributed by atoms with E-state index in [1.807, 2.05) is 0 Å². The second-order valence-electron chi connectivity index (χ2n) is 4.26. The molecule has 0 bridgehead atoms. The zero-order chi connectivity index (χ0) is 14.7. The summed E-state index contributed by atoms with van der Waals surface area (Å²) in [4.78, 5) is 4.53. The SMILES string of the molecule is CCc1nc(CSc2nnnn2-c2ccc(O)cc2)cs1. The molecule has 0 amide bonds. The number of aromatic hydroxyl groups is 1. The lowest BCUT2D eigenvalue weighted by Crippen LogP contribution is -1.98. The van der Waals surface area contributed by atoms with E-state index in [4.69, 9.17) is 0 Å². The molecular formula is C13H13N5OS2. The van der Waals surface area contributed by atoms with E-state index in [2.05, 4.69) is 32.8 Å². The number of phenolic OH excluding ortho intramolecular Hbond substituents is 1. The summed E-state index contributed by atoms with van der Waals surface area (Å²) in [7, 11) is 0. The van der Waals surface area contributed by atoms with E-state index in [0.29, 0.717) is 5.16 Å². The number of rotatable bonds is 5. The van der Waals surface area contributed by atoms with Gasteiger partial charge in [0.2, 0.25) is 5.16 Å². The third-order valence-electron chi connectivity index (χ3n) is 2.79. The molecule has 108 valence electrons.